The smallest absolute Gasteiger partial charge is 0.205 e. The van der Waals surface area contributed by atoms with E-state index in [-0.39, 0.29) is 12.1 Å². The van der Waals surface area contributed by atoms with Crippen LogP contribution in [0.5, 0.6) is 0 Å². The molecular formula is C21H15ClN2O2S. The third-order valence-electron chi connectivity index (χ3n) is 5.15. The van der Waals surface area contributed by atoms with E-state index in [0.29, 0.717) is 15.0 Å². The van der Waals surface area contributed by atoms with Crippen molar-refractivity contribution >= 4 is 27.0 Å². The minimum atomic E-state index is -3.66. The van der Waals surface area contributed by atoms with Gasteiger partial charge in [-0.25, -0.2) is 13.4 Å². The zero-order valence-corrected chi connectivity index (χ0v) is 15.7. The molecule has 0 saturated heterocycles. The number of aromatic nitrogens is 1. The van der Waals surface area contributed by atoms with Crippen molar-refractivity contribution in [2.75, 3.05) is 0 Å². The summed E-state index contributed by atoms with van der Waals surface area (Å²) < 4.78 is 27.1. The van der Waals surface area contributed by atoms with Crippen molar-refractivity contribution in [2.24, 2.45) is 0 Å². The predicted molar refractivity (Wildman–Crippen MR) is 105 cm³/mol. The summed E-state index contributed by atoms with van der Waals surface area (Å²) in [4.78, 5) is 4.86. The second kappa shape index (κ2) is 6.02. The summed E-state index contributed by atoms with van der Waals surface area (Å²) in [5, 5.41) is 3.85. The van der Waals surface area contributed by atoms with E-state index < -0.39 is 9.84 Å². The van der Waals surface area contributed by atoms with Crippen LogP contribution in [0.2, 0.25) is 5.15 Å². The maximum absolute atomic E-state index is 13.5. The zero-order valence-electron chi connectivity index (χ0n) is 14.1. The van der Waals surface area contributed by atoms with Crippen LogP contribution in [0.25, 0.3) is 5.57 Å². The van der Waals surface area contributed by atoms with E-state index in [1.54, 1.807) is 36.5 Å². The van der Waals surface area contributed by atoms with E-state index in [1.807, 2.05) is 36.4 Å². The molecule has 0 amide bonds. The van der Waals surface area contributed by atoms with Crippen LogP contribution in [0.3, 0.4) is 0 Å². The van der Waals surface area contributed by atoms with Crippen molar-refractivity contribution in [2.45, 2.75) is 17.0 Å². The average Bonchev–Trinajstić information content (AvgIpc) is 3.27. The summed E-state index contributed by atoms with van der Waals surface area (Å²) in [5.41, 5.74) is 3.65. The Hall–Kier alpha value is -2.47. The van der Waals surface area contributed by atoms with Crippen molar-refractivity contribution in [1.82, 2.24) is 10.3 Å². The maximum atomic E-state index is 13.5. The molecule has 2 unspecified atom stereocenters. The third-order valence-corrected chi connectivity index (χ3v) is 7.30. The fourth-order valence-corrected chi connectivity index (χ4v) is 5.92. The maximum Gasteiger partial charge on any atom is 0.205 e. The minimum Gasteiger partial charge on any atom is -0.295 e. The highest BCUT2D eigenvalue weighted by Gasteiger charge is 2.48. The predicted octanol–water partition coefficient (Wildman–Crippen LogP) is 4.32. The van der Waals surface area contributed by atoms with Crippen LogP contribution in [0.15, 0.2) is 82.7 Å². The van der Waals surface area contributed by atoms with Crippen molar-refractivity contribution in [3.8, 4) is 0 Å². The minimum absolute atomic E-state index is 0.178. The standard InChI is InChI=1S/C21H15ClN2O2S/c22-17-11-10-13(12-23-17)18-19-15-8-4-5-9-16(15)20(24-19)21(18)27(25,26)14-6-2-1-3-7-14/h1-12,19-20,24H. The molecule has 2 aromatic carbocycles. The van der Waals surface area contributed by atoms with Crippen molar-refractivity contribution in [3.63, 3.8) is 0 Å². The quantitative estimate of drug-likeness (QED) is 0.672. The fraction of sp³-hybridized carbons (Fsp3) is 0.0952. The molecule has 0 spiro atoms. The van der Waals surface area contributed by atoms with Gasteiger partial charge in [-0.3, -0.25) is 5.32 Å². The highest BCUT2D eigenvalue weighted by atomic mass is 35.5. The van der Waals surface area contributed by atoms with Gasteiger partial charge >= 0.3 is 0 Å². The Morgan fingerprint density at radius 3 is 2.19 bits per heavy atom. The first-order valence-corrected chi connectivity index (χ1v) is 10.4. The lowest BCUT2D eigenvalue weighted by molar-refractivity contribution is 0.594. The summed E-state index contributed by atoms with van der Waals surface area (Å²) in [6.45, 7) is 0. The summed E-state index contributed by atoms with van der Waals surface area (Å²) in [7, 11) is -3.66. The molecule has 2 bridgehead atoms. The van der Waals surface area contributed by atoms with Crippen molar-refractivity contribution in [3.05, 3.63) is 99.7 Å². The van der Waals surface area contributed by atoms with Gasteiger partial charge in [0.2, 0.25) is 9.84 Å². The first-order valence-electron chi connectivity index (χ1n) is 8.58. The highest BCUT2D eigenvalue weighted by molar-refractivity contribution is 7.95. The Balaban J connectivity index is 1.78. The van der Waals surface area contributed by atoms with E-state index in [9.17, 15) is 8.42 Å². The molecule has 27 heavy (non-hydrogen) atoms. The molecule has 134 valence electrons. The largest absolute Gasteiger partial charge is 0.295 e. The molecular weight excluding hydrogens is 380 g/mol. The van der Waals surface area contributed by atoms with Gasteiger partial charge < -0.3 is 0 Å². The summed E-state index contributed by atoms with van der Waals surface area (Å²) in [6.07, 6.45) is 1.64. The Kier molecular flexibility index (Phi) is 3.72. The van der Waals surface area contributed by atoms with Gasteiger partial charge in [0.05, 0.1) is 21.9 Å². The van der Waals surface area contributed by atoms with E-state index in [1.165, 1.54) is 0 Å². The Morgan fingerprint density at radius 2 is 1.52 bits per heavy atom. The van der Waals surface area contributed by atoms with Crippen LogP contribution in [0.1, 0.15) is 28.8 Å². The van der Waals surface area contributed by atoms with Gasteiger partial charge in [0, 0.05) is 6.20 Å². The van der Waals surface area contributed by atoms with Gasteiger partial charge in [0.1, 0.15) is 5.15 Å². The molecule has 2 aliphatic heterocycles. The molecule has 0 fully saturated rings. The lowest BCUT2D eigenvalue weighted by atomic mass is 9.88. The number of nitrogens with one attached hydrogen (secondary N) is 1. The molecule has 6 heteroatoms. The lowest BCUT2D eigenvalue weighted by Crippen LogP contribution is -2.16. The first-order chi connectivity index (χ1) is 13.1. The number of hydrogen-bond donors (Lipinski definition) is 1. The molecule has 2 aliphatic rings. The van der Waals surface area contributed by atoms with Gasteiger partial charge in [0.15, 0.2) is 0 Å². The van der Waals surface area contributed by atoms with Gasteiger partial charge in [-0.15, -0.1) is 0 Å². The zero-order chi connectivity index (χ0) is 18.6. The van der Waals surface area contributed by atoms with Crippen LogP contribution in [-0.2, 0) is 9.84 Å². The SMILES string of the molecule is O=S(=O)(C1=C(c2ccc(Cl)nc2)C2NC1c1ccccc12)c1ccccc1. The topological polar surface area (TPSA) is 59.1 Å². The Bertz CT molecular complexity index is 1170. The molecule has 3 heterocycles. The molecule has 0 radical (unpaired) electrons. The normalized spacial score (nSPS) is 20.8. The summed E-state index contributed by atoms with van der Waals surface area (Å²) in [6, 6.07) is 19.5. The number of benzene rings is 2. The van der Waals surface area contributed by atoms with E-state index in [2.05, 4.69) is 10.3 Å². The van der Waals surface area contributed by atoms with Crippen molar-refractivity contribution < 1.29 is 8.42 Å². The monoisotopic (exact) mass is 394 g/mol. The number of pyridine rings is 1. The third kappa shape index (κ3) is 2.46. The van der Waals surface area contributed by atoms with Gasteiger partial charge in [-0.2, -0.15) is 0 Å². The Morgan fingerprint density at radius 1 is 0.852 bits per heavy atom. The summed E-state index contributed by atoms with van der Waals surface area (Å²) in [5.74, 6) is 0. The van der Waals surface area contributed by atoms with Crippen LogP contribution in [-0.4, -0.2) is 13.4 Å². The van der Waals surface area contributed by atoms with Crippen LogP contribution < -0.4 is 5.32 Å². The second-order valence-electron chi connectivity index (χ2n) is 6.63. The molecule has 0 aliphatic carbocycles. The van der Waals surface area contributed by atoms with Gasteiger partial charge in [0.25, 0.3) is 0 Å². The number of hydrogen-bond acceptors (Lipinski definition) is 4. The van der Waals surface area contributed by atoms with E-state index >= 15 is 0 Å². The lowest BCUT2D eigenvalue weighted by Gasteiger charge is -2.21. The molecule has 1 aromatic heterocycles. The van der Waals surface area contributed by atoms with Gasteiger partial charge in [-0.1, -0.05) is 54.1 Å². The number of rotatable bonds is 3. The first kappa shape index (κ1) is 16.7. The summed E-state index contributed by atoms with van der Waals surface area (Å²) >= 11 is 5.94. The van der Waals surface area contributed by atoms with E-state index in [0.717, 1.165) is 22.3 Å². The molecule has 0 saturated carbocycles. The number of sulfone groups is 1. The Labute approximate surface area is 162 Å². The number of nitrogens with zero attached hydrogens (tertiary/aromatic N) is 1. The highest BCUT2D eigenvalue weighted by Crippen LogP contribution is 2.54. The van der Waals surface area contributed by atoms with Crippen LogP contribution >= 0.6 is 11.6 Å². The van der Waals surface area contributed by atoms with E-state index in [4.69, 9.17) is 11.6 Å². The molecule has 3 aromatic rings. The molecule has 4 nitrogen and oxygen atoms in total. The number of halogens is 1. The van der Waals surface area contributed by atoms with Gasteiger partial charge in [-0.05, 0) is 46.5 Å². The second-order valence-corrected chi connectivity index (χ2v) is 8.93. The fourth-order valence-electron chi connectivity index (χ4n) is 4.01. The molecule has 5 rings (SSSR count). The van der Waals surface area contributed by atoms with Crippen LogP contribution in [0.4, 0.5) is 0 Å². The average molecular weight is 395 g/mol. The van der Waals surface area contributed by atoms with Crippen LogP contribution in [0, 0.1) is 0 Å². The molecule has 2 atom stereocenters. The van der Waals surface area contributed by atoms with Crippen molar-refractivity contribution in [1.29, 1.82) is 0 Å². The molecule has 1 N–H and O–H groups in total. The number of fused-ring (bicyclic) bond motifs is 5.